The summed E-state index contributed by atoms with van der Waals surface area (Å²) < 4.78 is 13.1. The van der Waals surface area contributed by atoms with Crippen molar-refractivity contribution in [2.24, 2.45) is 0 Å². The van der Waals surface area contributed by atoms with E-state index in [4.69, 9.17) is 4.98 Å². The van der Waals surface area contributed by atoms with Crippen LogP contribution in [-0.2, 0) is 4.79 Å². The van der Waals surface area contributed by atoms with Gasteiger partial charge in [-0.15, -0.1) is 0 Å². The van der Waals surface area contributed by atoms with E-state index in [0.29, 0.717) is 6.42 Å². The average Bonchev–Trinajstić information content (AvgIpc) is 2.62. The monoisotopic (exact) mass is 341 g/mol. The van der Waals surface area contributed by atoms with Crippen molar-refractivity contribution in [1.82, 2.24) is 9.88 Å². The first-order valence-corrected chi connectivity index (χ1v) is 8.84. The van der Waals surface area contributed by atoms with E-state index < -0.39 is 0 Å². The molecule has 0 aliphatic carbocycles. The molecule has 2 aromatic rings. The molecule has 132 valence electrons. The highest BCUT2D eigenvalue weighted by Crippen LogP contribution is 2.29. The van der Waals surface area contributed by atoms with E-state index >= 15 is 0 Å². The minimum atomic E-state index is -0.250. The summed E-state index contributed by atoms with van der Waals surface area (Å²) in [6.45, 7) is 5.45. The maximum atomic E-state index is 13.1. The lowest BCUT2D eigenvalue weighted by Crippen LogP contribution is -2.38. The van der Waals surface area contributed by atoms with Crippen molar-refractivity contribution in [2.75, 3.05) is 18.4 Å². The number of piperidine rings is 1. The number of rotatable bonds is 4. The SMILES string of the molecule is CCC(=O)N1CCC[C@H](c2cc(Nc3ccc(F)cc3)cc(C)n2)C1. The molecule has 1 N–H and O–H groups in total. The quantitative estimate of drug-likeness (QED) is 0.897. The smallest absolute Gasteiger partial charge is 0.222 e. The Bertz CT molecular complexity index is 745. The summed E-state index contributed by atoms with van der Waals surface area (Å²) in [5.74, 6) is 0.222. The van der Waals surface area contributed by atoms with Gasteiger partial charge in [0.1, 0.15) is 5.82 Å². The lowest BCUT2D eigenvalue weighted by Gasteiger charge is -2.32. The summed E-state index contributed by atoms with van der Waals surface area (Å²) in [7, 11) is 0. The number of likely N-dealkylation sites (tertiary alicyclic amines) is 1. The summed E-state index contributed by atoms with van der Waals surface area (Å²) in [4.78, 5) is 18.7. The van der Waals surface area contributed by atoms with E-state index in [2.05, 4.69) is 5.32 Å². The molecule has 0 spiro atoms. The second-order valence-corrected chi connectivity index (χ2v) is 6.59. The number of carbonyl (C=O) groups excluding carboxylic acids is 1. The summed E-state index contributed by atoms with van der Waals surface area (Å²) in [6, 6.07) is 10.3. The third kappa shape index (κ3) is 4.35. The zero-order valence-electron chi connectivity index (χ0n) is 14.8. The number of hydrogen-bond donors (Lipinski definition) is 1. The van der Waals surface area contributed by atoms with Crippen molar-refractivity contribution in [2.45, 2.75) is 39.0 Å². The molecule has 1 aliphatic heterocycles. The van der Waals surface area contributed by atoms with Gasteiger partial charge in [0.05, 0.1) is 0 Å². The number of aromatic nitrogens is 1. The Morgan fingerprint density at radius 3 is 2.76 bits per heavy atom. The molecule has 0 unspecified atom stereocenters. The van der Waals surface area contributed by atoms with Crippen molar-refractivity contribution < 1.29 is 9.18 Å². The van der Waals surface area contributed by atoms with Crippen LogP contribution in [-0.4, -0.2) is 28.9 Å². The van der Waals surface area contributed by atoms with Gasteiger partial charge in [0.25, 0.3) is 0 Å². The Balaban J connectivity index is 1.79. The maximum Gasteiger partial charge on any atom is 0.222 e. The van der Waals surface area contributed by atoms with E-state index in [-0.39, 0.29) is 17.6 Å². The molecule has 3 rings (SSSR count). The van der Waals surface area contributed by atoms with Crippen molar-refractivity contribution in [3.63, 3.8) is 0 Å². The molecular weight excluding hydrogens is 317 g/mol. The number of pyridine rings is 1. The fraction of sp³-hybridized carbons (Fsp3) is 0.400. The Morgan fingerprint density at radius 1 is 1.28 bits per heavy atom. The van der Waals surface area contributed by atoms with E-state index in [1.807, 2.05) is 30.9 Å². The molecule has 1 saturated heterocycles. The molecule has 1 aliphatic rings. The third-order valence-electron chi connectivity index (χ3n) is 4.60. The molecule has 1 fully saturated rings. The van der Waals surface area contributed by atoms with Crippen LogP contribution in [0.1, 0.15) is 43.5 Å². The Morgan fingerprint density at radius 2 is 2.04 bits per heavy atom. The number of halogens is 1. The number of nitrogens with one attached hydrogen (secondary N) is 1. The first-order valence-electron chi connectivity index (χ1n) is 8.84. The van der Waals surface area contributed by atoms with Gasteiger partial charge in [-0.1, -0.05) is 6.92 Å². The van der Waals surface area contributed by atoms with Crippen LogP contribution in [0.15, 0.2) is 36.4 Å². The van der Waals surface area contributed by atoms with E-state index in [1.54, 1.807) is 12.1 Å². The first-order chi connectivity index (χ1) is 12.0. The largest absolute Gasteiger partial charge is 0.355 e. The lowest BCUT2D eigenvalue weighted by molar-refractivity contribution is -0.132. The van der Waals surface area contributed by atoms with Gasteiger partial charge in [-0.3, -0.25) is 9.78 Å². The molecule has 1 atom stereocenters. The molecule has 25 heavy (non-hydrogen) atoms. The van der Waals surface area contributed by atoms with Gasteiger partial charge >= 0.3 is 0 Å². The van der Waals surface area contributed by atoms with Crippen molar-refractivity contribution in [3.05, 3.63) is 53.6 Å². The van der Waals surface area contributed by atoms with Crippen LogP contribution >= 0.6 is 0 Å². The van der Waals surface area contributed by atoms with Crippen LogP contribution in [0, 0.1) is 12.7 Å². The number of amides is 1. The fourth-order valence-corrected chi connectivity index (χ4v) is 3.34. The van der Waals surface area contributed by atoms with E-state index in [0.717, 1.165) is 48.7 Å². The minimum Gasteiger partial charge on any atom is -0.355 e. The van der Waals surface area contributed by atoms with Gasteiger partial charge < -0.3 is 10.2 Å². The predicted molar refractivity (Wildman–Crippen MR) is 97.5 cm³/mol. The summed E-state index contributed by atoms with van der Waals surface area (Å²) in [5, 5.41) is 3.31. The number of carbonyl (C=O) groups is 1. The van der Waals surface area contributed by atoms with Crippen molar-refractivity contribution in [3.8, 4) is 0 Å². The molecule has 5 heteroatoms. The molecule has 2 heterocycles. The molecule has 0 radical (unpaired) electrons. The summed E-state index contributed by atoms with van der Waals surface area (Å²) in [6.07, 6.45) is 2.60. The van der Waals surface area contributed by atoms with Crippen molar-refractivity contribution >= 4 is 17.3 Å². The number of anilines is 2. The van der Waals surface area contributed by atoms with Gasteiger partial charge in [0, 0.05) is 48.2 Å². The number of aryl methyl sites for hydroxylation is 1. The first kappa shape index (κ1) is 17.4. The molecule has 0 saturated carbocycles. The van der Waals surface area contributed by atoms with Crippen molar-refractivity contribution in [1.29, 1.82) is 0 Å². The standard InChI is InChI=1S/C20H24FN3O/c1-3-20(25)24-10-4-5-15(13-24)19-12-18(11-14(2)22-19)23-17-8-6-16(21)7-9-17/h6-9,11-12,15H,3-5,10,13H2,1-2H3,(H,22,23)/t15-/m0/s1. The molecule has 1 aromatic carbocycles. The summed E-state index contributed by atoms with van der Waals surface area (Å²) in [5.41, 5.74) is 3.72. The topological polar surface area (TPSA) is 45.2 Å². The average molecular weight is 341 g/mol. The highest BCUT2D eigenvalue weighted by atomic mass is 19.1. The van der Waals surface area contributed by atoms with Gasteiger partial charge in [0.2, 0.25) is 5.91 Å². The van der Waals surface area contributed by atoms with Crippen LogP contribution < -0.4 is 5.32 Å². The van der Waals surface area contributed by atoms with E-state index in [1.165, 1.54) is 12.1 Å². The van der Waals surface area contributed by atoms with Gasteiger partial charge in [-0.25, -0.2) is 4.39 Å². The molecule has 0 bridgehead atoms. The van der Waals surface area contributed by atoms with Crippen LogP contribution in [0.5, 0.6) is 0 Å². The molecule has 1 aromatic heterocycles. The highest BCUT2D eigenvalue weighted by molar-refractivity contribution is 5.76. The van der Waals surface area contributed by atoms with Gasteiger partial charge in [-0.2, -0.15) is 0 Å². The van der Waals surface area contributed by atoms with E-state index in [9.17, 15) is 9.18 Å². The zero-order valence-corrected chi connectivity index (χ0v) is 14.8. The maximum absolute atomic E-state index is 13.1. The van der Waals surface area contributed by atoms with Crippen LogP contribution in [0.25, 0.3) is 0 Å². The molecule has 4 nitrogen and oxygen atoms in total. The second-order valence-electron chi connectivity index (χ2n) is 6.59. The Kier molecular flexibility index (Phi) is 5.31. The van der Waals surface area contributed by atoms with Crippen LogP contribution in [0.2, 0.25) is 0 Å². The number of benzene rings is 1. The molecular formula is C20H24FN3O. The lowest BCUT2D eigenvalue weighted by atomic mass is 9.93. The Hall–Kier alpha value is -2.43. The van der Waals surface area contributed by atoms with Gasteiger partial charge in [-0.05, 0) is 56.2 Å². The normalized spacial score (nSPS) is 17.4. The van der Waals surface area contributed by atoms with Crippen LogP contribution in [0.4, 0.5) is 15.8 Å². The minimum absolute atomic E-state index is 0.210. The highest BCUT2D eigenvalue weighted by Gasteiger charge is 2.25. The zero-order chi connectivity index (χ0) is 17.8. The molecule has 1 amide bonds. The Labute approximate surface area is 148 Å². The predicted octanol–water partition coefficient (Wildman–Crippen LogP) is 4.39. The number of hydrogen-bond acceptors (Lipinski definition) is 3. The number of nitrogens with zero attached hydrogens (tertiary/aromatic N) is 2. The fourth-order valence-electron chi connectivity index (χ4n) is 3.34. The second kappa shape index (κ2) is 7.64. The summed E-state index contributed by atoms with van der Waals surface area (Å²) >= 11 is 0. The third-order valence-corrected chi connectivity index (χ3v) is 4.60. The van der Waals surface area contributed by atoms with Crippen LogP contribution in [0.3, 0.4) is 0 Å². The van der Waals surface area contributed by atoms with Gasteiger partial charge in [0.15, 0.2) is 0 Å².